The maximum atomic E-state index is 10.6. The first-order valence-corrected chi connectivity index (χ1v) is 6.29. The van der Waals surface area contributed by atoms with Crippen molar-refractivity contribution >= 4 is 5.97 Å². The van der Waals surface area contributed by atoms with Gasteiger partial charge in [0.15, 0.2) is 0 Å². The zero-order valence-electron chi connectivity index (χ0n) is 9.98. The summed E-state index contributed by atoms with van der Waals surface area (Å²) in [4.78, 5) is 13.0. The Morgan fingerprint density at radius 3 is 2.62 bits per heavy atom. The highest BCUT2D eigenvalue weighted by Gasteiger charge is 2.42. The zero-order valence-corrected chi connectivity index (χ0v) is 9.98. The monoisotopic (exact) mass is 226 g/mol. The quantitative estimate of drug-likeness (QED) is 0.722. The maximum Gasteiger partial charge on any atom is 0.306 e. The smallest absolute Gasteiger partial charge is 0.306 e. The summed E-state index contributed by atoms with van der Waals surface area (Å²) in [7, 11) is 2.17. The topological polar surface area (TPSA) is 52.6 Å². The number of nitrogens with zero attached hydrogens (tertiary/aromatic N) is 1. The van der Waals surface area contributed by atoms with Crippen LogP contribution in [0.5, 0.6) is 0 Å². The van der Waals surface area contributed by atoms with Crippen LogP contribution in [-0.2, 0) is 4.79 Å². The number of carboxylic acids is 1. The molecule has 2 aliphatic rings. The number of likely N-dealkylation sites (tertiary alicyclic amines) is 1. The molecule has 2 rings (SSSR count). The van der Waals surface area contributed by atoms with Gasteiger partial charge < -0.3 is 15.3 Å². The Bertz CT molecular complexity index is 249. The van der Waals surface area contributed by atoms with Crippen LogP contribution in [-0.4, -0.2) is 49.2 Å². The Balaban J connectivity index is 1.54. The van der Waals surface area contributed by atoms with Crippen LogP contribution in [0.3, 0.4) is 0 Å². The van der Waals surface area contributed by atoms with E-state index in [1.54, 1.807) is 0 Å². The maximum absolute atomic E-state index is 10.6. The van der Waals surface area contributed by atoms with E-state index in [9.17, 15) is 4.79 Å². The van der Waals surface area contributed by atoms with E-state index in [4.69, 9.17) is 5.11 Å². The molecule has 0 radical (unpaired) electrons. The lowest BCUT2D eigenvalue weighted by molar-refractivity contribution is -0.138. The number of hydrogen-bond donors (Lipinski definition) is 2. The van der Waals surface area contributed by atoms with Gasteiger partial charge in [0.25, 0.3) is 0 Å². The van der Waals surface area contributed by atoms with Crippen molar-refractivity contribution in [3.8, 4) is 0 Å². The second kappa shape index (κ2) is 5.15. The first kappa shape index (κ1) is 11.9. The van der Waals surface area contributed by atoms with Crippen LogP contribution in [0.4, 0.5) is 0 Å². The Morgan fingerprint density at radius 1 is 1.38 bits per heavy atom. The predicted molar refractivity (Wildman–Crippen MR) is 62.3 cm³/mol. The van der Waals surface area contributed by atoms with Crippen molar-refractivity contribution in [2.45, 2.75) is 19.3 Å². The molecule has 1 saturated carbocycles. The highest BCUT2D eigenvalue weighted by Crippen LogP contribution is 2.37. The first-order chi connectivity index (χ1) is 7.66. The molecule has 2 unspecified atom stereocenters. The predicted octanol–water partition coefficient (Wildman–Crippen LogP) is 0.639. The van der Waals surface area contributed by atoms with Gasteiger partial charge in [-0.2, -0.15) is 0 Å². The van der Waals surface area contributed by atoms with E-state index in [0.717, 1.165) is 25.4 Å². The molecule has 16 heavy (non-hydrogen) atoms. The van der Waals surface area contributed by atoms with Crippen molar-refractivity contribution in [1.82, 2.24) is 10.2 Å². The van der Waals surface area contributed by atoms with Crippen LogP contribution < -0.4 is 5.32 Å². The Labute approximate surface area is 97.0 Å². The molecule has 1 aliphatic carbocycles. The molecule has 2 N–H and O–H groups in total. The Hall–Kier alpha value is -0.610. The summed E-state index contributed by atoms with van der Waals surface area (Å²) in [6, 6.07) is 0. The van der Waals surface area contributed by atoms with E-state index in [0.29, 0.717) is 5.92 Å². The van der Waals surface area contributed by atoms with E-state index in [2.05, 4.69) is 17.3 Å². The highest BCUT2D eigenvalue weighted by atomic mass is 16.4. The molecule has 2 atom stereocenters. The van der Waals surface area contributed by atoms with Crippen LogP contribution in [0.2, 0.25) is 0 Å². The van der Waals surface area contributed by atoms with E-state index < -0.39 is 5.97 Å². The fourth-order valence-electron chi connectivity index (χ4n) is 2.51. The minimum absolute atomic E-state index is 0.0648. The van der Waals surface area contributed by atoms with Crippen LogP contribution in [0, 0.1) is 17.8 Å². The number of hydrogen-bond acceptors (Lipinski definition) is 3. The number of rotatable bonds is 5. The summed E-state index contributed by atoms with van der Waals surface area (Å²) in [5.41, 5.74) is 0. The molecule has 0 amide bonds. The van der Waals surface area contributed by atoms with Gasteiger partial charge in [0.2, 0.25) is 0 Å². The minimum Gasteiger partial charge on any atom is -0.481 e. The Kier molecular flexibility index (Phi) is 3.82. The summed E-state index contributed by atoms with van der Waals surface area (Å²) in [5, 5.41) is 12.2. The average molecular weight is 226 g/mol. The molecule has 1 heterocycles. The molecule has 4 heteroatoms. The third kappa shape index (κ3) is 3.19. The van der Waals surface area contributed by atoms with Crippen molar-refractivity contribution < 1.29 is 9.90 Å². The number of nitrogens with one attached hydrogen (secondary N) is 1. The van der Waals surface area contributed by atoms with Crippen molar-refractivity contribution in [2.75, 3.05) is 33.2 Å². The van der Waals surface area contributed by atoms with Gasteiger partial charge in [0.1, 0.15) is 0 Å². The average Bonchev–Trinajstić information content (AvgIpc) is 3.01. The van der Waals surface area contributed by atoms with Crippen LogP contribution >= 0.6 is 0 Å². The molecule has 92 valence electrons. The summed E-state index contributed by atoms with van der Waals surface area (Å²) >= 11 is 0. The lowest BCUT2D eigenvalue weighted by atomic mass is 9.97. The van der Waals surface area contributed by atoms with Gasteiger partial charge >= 0.3 is 5.97 Å². The molecular weight excluding hydrogens is 204 g/mol. The van der Waals surface area contributed by atoms with Gasteiger partial charge in [-0.15, -0.1) is 0 Å². The van der Waals surface area contributed by atoms with E-state index in [-0.39, 0.29) is 5.92 Å². The summed E-state index contributed by atoms with van der Waals surface area (Å²) in [5.74, 6) is 0.498. The lowest BCUT2D eigenvalue weighted by Gasteiger charge is -2.29. The number of piperidine rings is 1. The molecule has 0 aromatic rings. The molecule has 0 aromatic heterocycles. The second-order valence-corrected chi connectivity index (χ2v) is 5.35. The number of carbonyl (C=O) groups is 1. The molecular formula is C12H22N2O2. The Morgan fingerprint density at radius 2 is 2.06 bits per heavy atom. The summed E-state index contributed by atoms with van der Waals surface area (Å²) in [6.45, 7) is 4.36. The minimum atomic E-state index is -0.619. The van der Waals surface area contributed by atoms with Crippen LogP contribution in [0.25, 0.3) is 0 Å². The van der Waals surface area contributed by atoms with Gasteiger partial charge in [0, 0.05) is 0 Å². The van der Waals surface area contributed by atoms with Gasteiger partial charge in [0.05, 0.1) is 5.92 Å². The molecule has 0 bridgehead atoms. The fraction of sp³-hybridized carbons (Fsp3) is 0.917. The number of aliphatic carboxylic acids is 1. The molecule has 1 aliphatic heterocycles. The second-order valence-electron chi connectivity index (χ2n) is 5.35. The summed E-state index contributed by atoms with van der Waals surface area (Å²) in [6.07, 6.45) is 3.42. The van der Waals surface area contributed by atoms with Crippen molar-refractivity contribution in [1.29, 1.82) is 0 Å². The van der Waals surface area contributed by atoms with Gasteiger partial charge in [-0.05, 0) is 64.3 Å². The van der Waals surface area contributed by atoms with Crippen molar-refractivity contribution in [2.24, 2.45) is 17.8 Å². The highest BCUT2D eigenvalue weighted by molar-refractivity contribution is 5.73. The largest absolute Gasteiger partial charge is 0.481 e. The third-order valence-electron chi connectivity index (χ3n) is 3.92. The standard InChI is InChI=1S/C12H22N2O2/c1-14-4-2-9(3-5-14)7-13-8-10-6-11(10)12(15)16/h9-11,13H,2-8H2,1H3,(H,15,16). The van der Waals surface area contributed by atoms with E-state index in [1.165, 1.54) is 25.9 Å². The summed E-state index contributed by atoms with van der Waals surface area (Å²) < 4.78 is 0. The number of carboxylic acid groups (broad SMARTS) is 1. The van der Waals surface area contributed by atoms with Crippen LogP contribution in [0.1, 0.15) is 19.3 Å². The van der Waals surface area contributed by atoms with Gasteiger partial charge in [-0.25, -0.2) is 0 Å². The molecule has 0 spiro atoms. The molecule has 1 saturated heterocycles. The normalized spacial score (nSPS) is 31.6. The molecule has 4 nitrogen and oxygen atoms in total. The van der Waals surface area contributed by atoms with E-state index >= 15 is 0 Å². The van der Waals surface area contributed by atoms with E-state index in [1.807, 2.05) is 0 Å². The lowest BCUT2D eigenvalue weighted by Crippen LogP contribution is -2.35. The fourth-order valence-corrected chi connectivity index (χ4v) is 2.51. The van der Waals surface area contributed by atoms with Crippen molar-refractivity contribution in [3.05, 3.63) is 0 Å². The first-order valence-electron chi connectivity index (χ1n) is 6.29. The van der Waals surface area contributed by atoms with Gasteiger partial charge in [-0.1, -0.05) is 0 Å². The molecule has 2 fully saturated rings. The third-order valence-corrected chi connectivity index (χ3v) is 3.92. The van der Waals surface area contributed by atoms with Crippen LogP contribution in [0.15, 0.2) is 0 Å². The van der Waals surface area contributed by atoms with Gasteiger partial charge in [-0.3, -0.25) is 4.79 Å². The zero-order chi connectivity index (χ0) is 11.5. The van der Waals surface area contributed by atoms with Crippen molar-refractivity contribution in [3.63, 3.8) is 0 Å². The molecule has 0 aromatic carbocycles. The SMILES string of the molecule is CN1CCC(CNCC2CC2C(=O)O)CC1.